The van der Waals surface area contributed by atoms with Gasteiger partial charge in [-0.05, 0) is 55.3 Å². The van der Waals surface area contributed by atoms with Gasteiger partial charge >= 0.3 is 6.03 Å². The van der Waals surface area contributed by atoms with Crippen molar-refractivity contribution in [3.8, 4) is 0 Å². The molecule has 1 saturated heterocycles. The molecule has 2 N–H and O–H groups in total. The Morgan fingerprint density at radius 1 is 1.30 bits per heavy atom. The summed E-state index contributed by atoms with van der Waals surface area (Å²) in [7, 11) is 0. The largest absolute Gasteiger partial charge is 0.355 e. The minimum atomic E-state index is -0.163. The Morgan fingerprint density at radius 3 is 3.00 bits per heavy atom. The summed E-state index contributed by atoms with van der Waals surface area (Å²) < 4.78 is 0. The third kappa shape index (κ3) is 4.25. The van der Waals surface area contributed by atoms with Crippen LogP contribution in [0.25, 0.3) is 0 Å². The summed E-state index contributed by atoms with van der Waals surface area (Å²) >= 11 is 1.85. The van der Waals surface area contributed by atoms with Crippen molar-refractivity contribution in [3.05, 3.63) is 40.2 Å². The van der Waals surface area contributed by atoms with E-state index in [9.17, 15) is 4.79 Å². The molecule has 2 amide bonds. The lowest BCUT2D eigenvalue weighted by Gasteiger charge is -2.32. The second-order valence-electron chi connectivity index (χ2n) is 7.34. The molecule has 2 aliphatic heterocycles. The number of thiophene rings is 1. The molecule has 6 nitrogen and oxygen atoms in total. The van der Waals surface area contributed by atoms with E-state index in [4.69, 9.17) is 0 Å². The minimum Gasteiger partial charge on any atom is -0.355 e. The molecule has 2 aromatic heterocycles. The van der Waals surface area contributed by atoms with Gasteiger partial charge in [-0.3, -0.25) is 4.90 Å². The third-order valence-corrected chi connectivity index (χ3v) is 6.48. The van der Waals surface area contributed by atoms with Crippen molar-refractivity contribution in [1.29, 1.82) is 0 Å². The van der Waals surface area contributed by atoms with Crippen molar-refractivity contribution in [2.24, 2.45) is 0 Å². The van der Waals surface area contributed by atoms with Crippen molar-refractivity contribution in [1.82, 2.24) is 15.2 Å². The fraction of sp³-hybridized carbons (Fsp3) is 0.500. The van der Waals surface area contributed by atoms with Crippen molar-refractivity contribution in [2.75, 3.05) is 36.4 Å². The zero-order valence-electron chi connectivity index (χ0n) is 15.8. The molecule has 4 rings (SSSR count). The van der Waals surface area contributed by atoms with Gasteiger partial charge in [0.05, 0.1) is 5.69 Å². The van der Waals surface area contributed by atoms with Crippen LogP contribution in [0.15, 0.2) is 29.8 Å². The highest BCUT2D eigenvalue weighted by molar-refractivity contribution is 7.10. The summed E-state index contributed by atoms with van der Waals surface area (Å²) in [4.78, 5) is 23.1. The van der Waals surface area contributed by atoms with E-state index in [1.54, 1.807) is 6.20 Å². The molecule has 2 aromatic rings. The molecular weight excluding hydrogens is 358 g/mol. The zero-order chi connectivity index (χ0) is 18.6. The van der Waals surface area contributed by atoms with Crippen LogP contribution in [0.4, 0.5) is 16.3 Å². The third-order valence-electron chi connectivity index (χ3n) is 5.46. The van der Waals surface area contributed by atoms with Crippen LogP contribution in [0, 0.1) is 0 Å². The second-order valence-corrected chi connectivity index (χ2v) is 8.34. The number of fused-ring (bicyclic) bond motifs is 1. The van der Waals surface area contributed by atoms with Crippen molar-refractivity contribution in [2.45, 2.75) is 38.8 Å². The highest BCUT2D eigenvalue weighted by Crippen LogP contribution is 2.26. The quantitative estimate of drug-likeness (QED) is 0.829. The maximum Gasteiger partial charge on any atom is 0.319 e. The summed E-state index contributed by atoms with van der Waals surface area (Å²) in [5.41, 5.74) is 2.22. The van der Waals surface area contributed by atoms with Gasteiger partial charge in [0, 0.05) is 49.8 Å². The van der Waals surface area contributed by atoms with E-state index in [-0.39, 0.29) is 6.03 Å². The highest BCUT2D eigenvalue weighted by Gasteiger charge is 2.22. The van der Waals surface area contributed by atoms with Gasteiger partial charge in [-0.2, -0.15) is 0 Å². The number of urea groups is 1. The van der Waals surface area contributed by atoms with Gasteiger partial charge in [-0.25, -0.2) is 9.78 Å². The lowest BCUT2D eigenvalue weighted by Crippen LogP contribution is -2.45. The van der Waals surface area contributed by atoms with E-state index in [0.717, 1.165) is 44.1 Å². The van der Waals surface area contributed by atoms with Gasteiger partial charge in [0.15, 0.2) is 5.82 Å². The van der Waals surface area contributed by atoms with Crippen LogP contribution in [0.5, 0.6) is 0 Å². The minimum absolute atomic E-state index is 0.163. The first kappa shape index (κ1) is 18.3. The number of carbonyl (C=O) groups is 1. The molecule has 7 heteroatoms. The van der Waals surface area contributed by atoms with E-state index in [2.05, 4.69) is 43.8 Å². The number of amides is 2. The van der Waals surface area contributed by atoms with E-state index in [1.165, 1.54) is 23.3 Å². The first-order valence-corrected chi connectivity index (χ1v) is 10.6. The number of rotatable bonds is 5. The highest BCUT2D eigenvalue weighted by atomic mass is 32.1. The summed E-state index contributed by atoms with van der Waals surface area (Å²) in [6.45, 7) is 6.85. The van der Waals surface area contributed by atoms with Crippen LogP contribution in [-0.2, 0) is 13.0 Å². The summed E-state index contributed by atoms with van der Waals surface area (Å²) in [5, 5.41) is 8.19. The number of carbonyl (C=O) groups excluding carboxylic acids is 1. The number of anilines is 2. The fourth-order valence-electron chi connectivity index (χ4n) is 3.86. The molecule has 0 bridgehead atoms. The summed E-state index contributed by atoms with van der Waals surface area (Å²) in [6.07, 6.45) is 5.26. The van der Waals surface area contributed by atoms with E-state index in [1.807, 2.05) is 23.5 Å². The van der Waals surface area contributed by atoms with Gasteiger partial charge in [0.1, 0.15) is 0 Å². The molecule has 1 fully saturated rings. The Kier molecular flexibility index (Phi) is 5.59. The molecule has 0 aliphatic carbocycles. The second kappa shape index (κ2) is 8.27. The Morgan fingerprint density at radius 2 is 2.15 bits per heavy atom. The molecule has 27 heavy (non-hydrogen) atoms. The average molecular weight is 386 g/mol. The summed E-state index contributed by atoms with van der Waals surface area (Å²) in [6, 6.07) is 6.15. The van der Waals surface area contributed by atoms with Gasteiger partial charge in [0.25, 0.3) is 0 Å². The SMILES string of the molecule is C[C@H](CNC(=O)Nc1cccnc1N1CCCC1)N1CCc2sccc2C1. The van der Waals surface area contributed by atoms with Crippen LogP contribution < -0.4 is 15.5 Å². The topological polar surface area (TPSA) is 60.5 Å². The van der Waals surface area contributed by atoms with Crippen molar-refractivity contribution >= 4 is 28.9 Å². The number of pyridine rings is 1. The maximum atomic E-state index is 12.4. The van der Waals surface area contributed by atoms with Gasteiger partial charge < -0.3 is 15.5 Å². The molecule has 4 heterocycles. The fourth-order valence-corrected chi connectivity index (χ4v) is 4.75. The number of hydrogen-bond donors (Lipinski definition) is 2. The lowest BCUT2D eigenvalue weighted by atomic mass is 10.1. The standard InChI is InChI=1S/C20H27N5OS/c1-15(25-11-6-18-16(14-25)7-12-27-18)13-22-20(26)23-17-5-4-8-21-19(17)24-9-2-3-10-24/h4-5,7-8,12,15H,2-3,6,9-11,13-14H2,1H3,(H2,22,23,26)/t15-/m1/s1. The Labute approximate surface area is 164 Å². The number of nitrogens with one attached hydrogen (secondary N) is 2. The number of nitrogens with zero attached hydrogens (tertiary/aromatic N) is 3. The molecular formula is C20H27N5OS. The maximum absolute atomic E-state index is 12.4. The van der Waals surface area contributed by atoms with Crippen LogP contribution in [0.1, 0.15) is 30.2 Å². The van der Waals surface area contributed by atoms with Gasteiger partial charge in [-0.1, -0.05) is 0 Å². The summed E-state index contributed by atoms with van der Waals surface area (Å²) in [5.74, 6) is 0.874. The molecule has 144 valence electrons. The van der Waals surface area contributed by atoms with Crippen molar-refractivity contribution < 1.29 is 4.79 Å². The van der Waals surface area contributed by atoms with E-state index in [0.29, 0.717) is 12.6 Å². The van der Waals surface area contributed by atoms with Crippen molar-refractivity contribution in [3.63, 3.8) is 0 Å². The molecule has 0 spiro atoms. The Balaban J connectivity index is 1.30. The zero-order valence-corrected chi connectivity index (χ0v) is 16.6. The smallest absolute Gasteiger partial charge is 0.319 e. The van der Waals surface area contributed by atoms with Crippen LogP contribution in [-0.4, -0.2) is 48.1 Å². The normalized spacial score (nSPS) is 18.2. The molecule has 0 saturated carbocycles. The first-order valence-electron chi connectivity index (χ1n) is 9.75. The van der Waals surface area contributed by atoms with Gasteiger partial charge in [0.2, 0.25) is 0 Å². The predicted octanol–water partition coefficient (Wildman–Crippen LogP) is 3.31. The average Bonchev–Trinajstić information content (AvgIpc) is 3.37. The number of hydrogen-bond acceptors (Lipinski definition) is 5. The number of aromatic nitrogens is 1. The molecule has 2 aliphatic rings. The van der Waals surface area contributed by atoms with Crippen LogP contribution in [0.3, 0.4) is 0 Å². The Hall–Kier alpha value is -2.12. The monoisotopic (exact) mass is 385 g/mol. The Bertz CT molecular complexity index is 786. The molecule has 0 radical (unpaired) electrons. The molecule has 1 atom stereocenters. The predicted molar refractivity (Wildman–Crippen MR) is 111 cm³/mol. The first-order chi connectivity index (χ1) is 13.2. The molecule has 0 unspecified atom stereocenters. The van der Waals surface area contributed by atoms with Crippen LogP contribution >= 0.6 is 11.3 Å². The lowest BCUT2D eigenvalue weighted by molar-refractivity contribution is 0.188. The molecule has 0 aromatic carbocycles. The van der Waals surface area contributed by atoms with E-state index >= 15 is 0 Å². The van der Waals surface area contributed by atoms with E-state index < -0.39 is 0 Å². The van der Waals surface area contributed by atoms with Gasteiger partial charge in [-0.15, -0.1) is 11.3 Å². The van der Waals surface area contributed by atoms with Crippen LogP contribution in [0.2, 0.25) is 0 Å².